The van der Waals surface area contributed by atoms with Gasteiger partial charge in [-0.25, -0.2) is 0 Å². The van der Waals surface area contributed by atoms with E-state index in [-0.39, 0.29) is 4.87 Å². The number of methoxy groups -OCH3 is 1. The maximum Gasteiger partial charge on any atom is 0.0641 e. The van der Waals surface area contributed by atoms with E-state index in [1.165, 1.54) is 5.75 Å². The van der Waals surface area contributed by atoms with Crippen molar-refractivity contribution in [3.63, 3.8) is 0 Å². The summed E-state index contributed by atoms with van der Waals surface area (Å²) in [7, 11) is 1.76. The molecule has 0 aromatic heterocycles. The maximum atomic E-state index is 5.05. The van der Waals surface area contributed by atoms with E-state index in [2.05, 4.69) is 19.2 Å². The van der Waals surface area contributed by atoms with E-state index in [1.807, 2.05) is 11.8 Å². The molecule has 1 aliphatic rings. The van der Waals surface area contributed by atoms with E-state index in [9.17, 15) is 0 Å². The Hall–Kier alpha value is 0.270. The molecule has 2 nitrogen and oxygen atoms in total. The second-order valence-electron chi connectivity index (χ2n) is 3.33. The first-order valence-electron chi connectivity index (χ1n) is 4.07. The first-order valence-corrected chi connectivity index (χ1v) is 5.05. The summed E-state index contributed by atoms with van der Waals surface area (Å²) in [4.78, 5) is 0.259. The number of ether oxygens (including phenoxy) is 1. The Morgan fingerprint density at radius 3 is 2.91 bits per heavy atom. The van der Waals surface area contributed by atoms with Gasteiger partial charge in [0.15, 0.2) is 0 Å². The van der Waals surface area contributed by atoms with E-state index in [1.54, 1.807) is 7.11 Å². The highest BCUT2D eigenvalue weighted by atomic mass is 32.2. The monoisotopic (exact) mass is 175 g/mol. The second kappa shape index (κ2) is 3.78. The van der Waals surface area contributed by atoms with Gasteiger partial charge in [0.2, 0.25) is 0 Å². The zero-order valence-corrected chi connectivity index (χ0v) is 8.33. The summed E-state index contributed by atoms with van der Waals surface area (Å²) in [5.41, 5.74) is 0. The van der Waals surface area contributed by atoms with Crippen LogP contribution in [0.2, 0.25) is 0 Å². The highest BCUT2D eigenvalue weighted by Crippen LogP contribution is 2.32. The molecule has 0 amide bonds. The smallest absolute Gasteiger partial charge is 0.0641 e. The normalized spacial score (nSPS) is 37.9. The Bertz CT molecular complexity index is 131. The van der Waals surface area contributed by atoms with Gasteiger partial charge in [-0.15, -0.1) is 11.8 Å². The third-order valence-corrected chi connectivity index (χ3v) is 3.61. The van der Waals surface area contributed by atoms with Gasteiger partial charge in [0, 0.05) is 25.5 Å². The lowest BCUT2D eigenvalue weighted by atomic mass is 10.2. The topological polar surface area (TPSA) is 21.3 Å². The van der Waals surface area contributed by atoms with E-state index in [4.69, 9.17) is 4.74 Å². The molecule has 0 radical (unpaired) electrons. The molecule has 0 aromatic rings. The maximum absolute atomic E-state index is 5.05. The molecule has 1 aliphatic heterocycles. The van der Waals surface area contributed by atoms with Crippen LogP contribution in [0.1, 0.15) is 20.3 Å². The summed E-state index contributed by atoms with van der Waals surface area (Å²) < 4.78 is 5.05. The third kappa shape index (κ3) is 2.65. The quantitative estimate of drug-likeness (QED) is 0.702. The number of thioether (sulfide) groups is 1. The first kappa shape index (κ1) is 9.36. The molecular weight excluding hydrogens is 158 g/mol. The van der Waals surface area contributed by atoms with Gasteiger partial charge in [0.1, 0.15) is 0 Å². The van der Waals surface area contributed by atoms with Gasteiger partial charge in [-0.2, -0.15) is 0 Å². The summed E-state index contributed by atoms with van der Waals surface area (Å²) in [6.07, 6.45) is 1.10. The molecule has 0 saturated carbocycles. The zero-order chi connectivity index (χ0) is 8.32. The fourth-order valence-corrected chi connectivity index (χ4v) is 2.57. The van der Waals surface area contributed by atoms with Crippen molar-refractivity contribution in [3.05, 3.63) is 0 Å². The fourth-order valence-electron chi connectivity index (χ4n) is 1.35. The number of nitrogens with one attached hydrogen (secondary N) is 1. The minimum Gasteiger partial charge on any atom is -0.385 e. The van der Waals surface area contributed by atoms with Crippen molar-refractivity contribution in [2.24, 2.45) is 0 Å². The molecule has 1 rings (SSSR count). The Labute approximate surface area is 73.1 Å². The molecule has 1 saturated heterocycles. The molecule has 0 aromatic carbocycles. The number of hydrogen-bond acceptors (Lipinski definition) is 3. The van der Waals surface area contributed by atoms with Crippen LogP contribution in [-0.4, -0.2) is 30.4 Å². The standard InChI is InChI=1S/C8H17NOS/c1-7-6-11-8(2,9-7)4-5-10-3/h7,9H,4-6H2,1-3H3. The SMILES string of the molecule is COCCC1(C)NC(C)CS1. The lowest BCUT2D eigenvalue weighted by molar-refractivity contribution is 0.180. The fraction of sp³-hybridized carbons (Fsp3) is 1.00. The van der Waals surface area contributed by atoms with Gasteiger partial charge >= 0.3 is 0 Å². The molecule has 0 spiro atoms. The minimum absolute atomic E-state index is 0.259. The third-order valence-electron chi connectivity index (χ3n) is 1.99. The van der Waals surface area contributed by atoms with Crippen LogP contribution in [0.3, 0.4) is 0 Å². The molecule has 11 heavy (non-hydrogen) atoms. The molecular formula is C8H17NOS. The van der Waals surface area contributed by atoms with E-state index < -0.39 is 0 Å². The Morgan fingerprint density at radius 1 is 1.73 bits per heavy atom. The highest BCUT2D eigenvalue weighted by molar-refractivity contribution is 8.00. The van der Waals surface area contributed by atoms with Gasteiger partial charge in [0.05, 0.1) is 4.87 Å². The van der Waals surface area contributed by atoms with E-state index in [0.29, 0.717) is 6.04 Å². The lowest BCUT2D eigenvalue weighted by Crippen LogP contribution is -2.38. The number of hydrogen-bond donors (Lipinski definition) is 1. The molecule has 2 unspecified atom stereocenters. The van der Waals surface area contributed by atoms with Crippen LogP contribution < -0.4 is 5.32 Å². The summed E-state index contributed by atoms with van der Waals surface area (Å²) in [5, 5.41) is 3.55. The highest BCUT2D eigenvalue weighted by Gasteiger charge is 2.32. The average Bonchev–Trinajstić information content (AvgIpc) is 2.28. The summed E-state index contributed by atoms with van der Waals surface area (Å²) in [6.45, 7) is 5.33. The average molecular weight is 175 g/mol. The van der Waals surface area contributed by atoms with Crippen LogP contribution in [0.25, 0.3) is 0 Å². The van der Waals surface area contributed by atoms with Crippen molar-refractivity contribution < 1.29 is 4.74 Å². The van der Waals surface area contributed by atoms with Crippen LogP contribution in [0.15, 0.2) is 0 Å². The van der Waals surface area contributed by atoms with Crippen LogP contribution in [0.5, 0.6) is 0 Å². The Balaban J connectivity index is 2.29. The van der Waals surface area contributed by atoms with E-state index >= 15 is 0 Å². The Morgan fingerprint density at radius 2 is 2.45 bits per heavy atom. The first-order chi connectivity index (χ1) is 5.16. The largest absolute Gasteiger partial charge is 0.385 e. The van der Waals surface area contributed by atoms with Gasteiger partial charge in [-0.05, 0) is 20.3 Å². The second-order valence-corrected chi connectivity index (χ2v) is 4.85. The minimum atomic E-state index is 0.259. The van der Waals surface area contributed by atoms with Crippen LogP contribution in [-0.2, 0) is 4.74 Å². The zero-order valence-electron chi connectivity index (χ0n) is 7.52. The van der Waals surface area contributed by atoms with Crippen LogP contribution in [0, 0.1) is 0 Å². The molecule has 3 heteroatoms. The molecule has 1 fully saturated rings. The van der Waals surface area contributed by atoms with Gasteiger partial charge in [-0.3, -0.25) is 5.32 Å². The van der Waals surface area contributed by atoms with Crippen molar-refractivity contribution in [2.45, 2.75) is 31.2 Å². The van der Waals surface area contributed by atoms with Crippen LogP contribution >= 0.6 is 11.8 Å². The van der Waals surface area contributed by atoms with Crippen molar-refractivity contribution in [2.75, 3.05) is 19.5 Å². The predicted octanol–water partition coefficient (Wildman–Crippen LogP) is 1.46. The summed E-state index contributed by atoms with van der Waals surface area (Å²) in [5.74, 6) is 1.22. The summed E-state index contributed by atoms with van der Waals surface area (Å²) >= 11 is 2.00. The summed E-state index contributed by atoms with van der Waals surface area (Å²) in [6, 6.07) is 0.654. The molecule has 1 N–H and O–H groups in total. The molecule has 0 aliphatic carbocycles. The van der Waals surface area contributed by atoms with Gasteiger partial charge in [-0.1, -0.05) is 0 Å². The van der Waals surface area contributed by atoms with Crippen molar-refractivity contribution in [3.8, 4) is 0 Å². The molecule has 0 bridgehead atoms. The Kier molecular flexibility index (Phi) is 3.22. The van der Waals surface area contributed by atoms with Crippen molar-refractivity contribution >= 4 is 11.8 Å². The molecule has 2 atom stereocenters. The van der Waals surface area contributed by atoms with Gasteiger partial charge < -0.3 is 4.74 Å². The van der Waals surface area contributed by atoms with Crippen LogP contribution in [0.4, 0.5) is 0 Å². The van der Waals surface area contributed by atoms with Gasteiger partial charge in [0.25, 0.3) is 0 Å². The van der Waals surface area contributed by atoms with Crippen molar-refractivity contribution in [1.82, 2.24) is 5.32 Å². The van der Waals surface area contributed by atoms with E-state index in [0.717, 1.165) is 13.0 Å². The predicted molar refractivity (Wildman–Crippen MR) is 50.0 cm³/mol. The number of rotatable bonds is 3. The van der Waals surface area contributed by atoms with Crippen molar-refractivity contribution in [1.29, 1.82) is 0 Å². The molecule has 1 heterocycles. The molecule has 66 valence electrons. The lowest BCUT2D eigenvalue weighted by Gasteiger charge is -2.23.